The fourth-order valence-electron chi connectivity index (χ4n) is 2.40. The Morgan fingerprint density at radius 1 is 1.00 bits per heavy atom. The number of hydrogen-bond acceptors (Lipinski definition) is 2. The van der Waals surface area contributed by atoms with E-state index >= 15 is 0 Å². The van der Waals surface area contributed by atoms with E-state index in [0.717, 1.165) is 13.1 Å². The van der Waals surface area contributed by atoms with E-state index in [1.165, 1.54) is 0 Å². The minimum absolute atomic E-state index is 0.260. The molecule has 2 nitrogen and oxygen atoms in total. The lowest BCUT2D eigenvalue weighted by Gasteiger charge is -2.47. The fourth-order valence-corrected chi connectivity index (χ4v) is 2.40. The van der Waals surface area contributed by atoms with Gasteiger partial charge in [0.15, 0.2) is 0 Å². The lowest BCUT2D eigenvalue weighted by Crippen LogP contribution is -2.65. The molecule has 11 heavy (non-hydrogen) atoms. The van der Waals surface area contributed by atoms with Crippen molar-refractivity contribution in [3.8, 4) is 0 Å². The molecule has 0 radical (unpaired) electrons. The van der Waals surface area contributed by atoms with E-state index in [0.29, 0.717) is 0 Å². The predicted octanol–water partition coefficient (Wildman–Crippen LogP) is 1.08. The maximum Gasteiger partial charge on any atom is 0.0257 e. The lowest BCUT2D eigenvalue weighted by molar-refractivity contribution is 0.0987. The molecule has 1 saturated heterocycles. The van der Waals surface area contributed by atoms with E-state index < -0.39 is 0 Å². The minimum Gasteiger partial charge on any atom is -0.304 e. The van der Waals surface area contributed by atoms with Crippen molar-refractivity contribution in [1.29, 1.82) is 0 Å². The molecule has 0 atom stereocenters. The van der Waals surface area contributed by atoms with E-state index in [1.807, 2.05) is 0 Å². The normalized spacial score (nSPS) is 30.3. The van der Waals surface area contributed by atoms with Gasteiger partial charge in [0, 0.05) is 24.2 Å². The Balaban J connectivity index is 2.66. The second-order valence-corrected chi connectivity index (χ2v) is 5.07. The molecule has 0 bridgehead atoms. The SMILES string of the molecule is CN1CC(C)(C)NC(C)(C)C1. The van der Waals surface area contributed by atoms with Crippen LogP contribution in [0.3, 0.4) is 0 Å². The van der Waals surface area contributed by atoms with Crippen molar-refractivity contribution in [2.45, 2.75) is 38.8 Å². The van der Waals surface area contributed by atoms with Crippen LogP contribution in [-0.2, 0) is 0 Å². The maximum absolute atomic E-state index is 3.62. The molecule has 1 N–H and O–H groups in total. The first-order valence-electron chi connectivity index (χ1n) is 4.29. The molecule has 0 unspecified atom stereocenters. The Hall–Kier alpha value is -0.0800. The van der Waals surface area contributed by atoms with Crippen LogP contribution in [-0.4, -0.2) is 36.1 Å². The Bertz CT molecular complexity index is 134. The summed E-state index contributed by atoms with van der Waals surface area (Å²) in [4.78, 5) is 2.39. The van der Waals surface area contributed by atoms with Crippen LogP contribution in [0.1, 0.15) is 27.7 Å². The molecule has 1 fully saturated rings. The van der Waals surface area contributed by atoms with Gasteiger partial charge in [0.05, 0.1) is 0 Å². The average Bonchev–Trinajstić information content (AvgIpc) is 1.49. The first-order chi connectivity index (χ1) is 4.81. The van der Waals surface area contributed by atoms with E-state index in [1.54, 1.807) is 0 Å². The highest BCUT2D eigenvalue weighted by Crippen LogP contribution is 2.18. The third-order valence-electron chi connectivity index (χ3n) is 2.01. The summed E-state index contributed by atoms with van der Waals surface area (Å²) in [6.45, 7) is 11.3. The van der Waals surface area contributed by atoms with E-state index in [2.05, 4.69) is 45.0 Å². The highest BCUT2D eigenvalue weighted by Gasteiger charge is 2.34. The zero-order valence-corrected chi connectivity index (χ0v) is 8.36. The predicted molar refractivity (Wildman–Crippen MR) is 48.8 cm³/mol. The number of likely N-dealkylation sites (N-methyl/N-ethyl adjacent to an activating group) is 1. The molecular formula is C9H20N2. The van der Waals surface area contributed by atoms with Crippen LogP contribution in [0.25, 0.3) is 0 Å². The summed E-state index contributed by atoms with van der Waals surface area (Å²) in [5.74, 6) is 0. The first-order valence-corrected chi connectivity index (χ1v) is 4.29. The number of hydrogen-bond donors (Lipinski definition) is 1. The van der Waals surface area contributed by atoms with Gasteiger partial charge in [0.1, 0.15) is 0 Å². The van der Waals surface area contributed by atoms with E-state index in [-0.39, 0.29) is 11.1 Å². The quantitative estimate of drug-likeness (QED) is 0.564. The summed E-state index contributed by atoms with van der Waals surface area (Å²) in [6, 6.07) is 0. The smallest absolute Gasteiger partial charge is 0.0257 e. The molecule has 0 amide bonds. The van der Waals surface area contributed by atoms with Crippen LogP contribution in [0.5, 0.6) is 0 Å². The Labute approximate surface area is 70.0 Å². The Morgan fingerprint density at radius 2 is 1.36 bits per heavy atom. The minimum atomic E-state index is 0.260. The maximum atomic E-state index is 3.62. The van der Waals surface area contributed by atoms with Gasteiger partial charge in [-0.05, 0) is 34.7 Å². The molecule has 0 spiro atoms. The van der Waals surface area contributed by atoms with Crippen LogP contribution in [0.2, 0.25) is 0 Å². The van der Waals surface area contributed by atoms with Crippen LogP contribution in [0, 0.1) is 0 Å². The molecule has 0 aromatic rings. The number of piperazine rings is 1. The zero-order chi connectivity index (χ0) is 8.70. The topological polar surface area (TPSA) is 15.3 Å². The summed E-state index contributed by atoms with van der Waals surface area (Å²) >= 11 is 0. The van der Waals surface area contributed by atoms with Gasteiger partial charge in [-0.25, -0.2) is 0 Å². The van der Waals surface area contributed by atoms with Crippen molar-refractivity contribution < 1.29 is 0 Å². The number of nitrogens with zero attached hydrogens (tertiary/aromatic N) is 1. The molecule has 1 aliphatic heterocycles. The average molecular weight is 156 g/mol. The van der Waals surface area contributed by atoms with Gasteiger partial charge in [0.25, 0.3) is 0 Å². The summed E-state index contributed by atoms with van der Waals surface area (Å²) in [7, 11) is 2.18. The Kier molecular flexibility index (Phi) is 2.01. The zero-order valence-electron chi connectivity index (χ0n) is 8.36. The highest BCUT2D eigenvalue weighted by atomic mass is 15.2. The van der Waals surface area contributed by atoms with Crippen LogP contribution in [0.15, 0.2) is 0 Å². The van der Waals surface area contributed by atoms with Crippen molar-refractivity contribution in [2.75, 3.05) is 20.1 Å². The van der Waals surface area contributed by atoms with E-state index in [9.17, 15) is 0 Å². The van der Waals surface area contributed by atoms with Gasteiger partial charge < -0.3 is 10.2 Å². The van der Waals surface area contributed by atoms with Gasteiger partial charge in [-0.3, -0.25) is 0 Å². The second-order valence-electron chi connectivity index (χ2n) is 5.07. The fraction of sp³-hybridized carbons (Fsp3) is 1.00. The van der Waals surface area contributed by atoms with Gasteiger partial charge in [0.2, 0.25) is 0 Å². The third-order valence-corrected chi connectivity index (χ3v) is 2.01. The molecule has 2 heteroatoms. The van der Waals surface area contributed by atoms with Crippen molar-refractivity contribution in [2.24, 2.45) is 0 Å². The molecule has 1 rings (SSSR count). The van der Waals surface area contributed by atoms with Crippen molar-refractivity contribution in [3.05, 3.63) is 0 Å². The van der Waals surface area contributed by atoms with Crippen LogP contribution in [0.4, 0.5) is 0 Å². The molecule has 0 saturated carbocycles. The summed E-state index contributed by atoms with van der Waals surface area (Å²) in [5.41, 5.74) is 0.521. The molecule has 1 aliphatic rings. The number of nitrogens with one attached hydrogen (secondary N) is 1. The summed E-state index contributed by atoms with van der Waals surface area (Å²) < 4.78 is 0. The monoisotopic (exact) mass is 156 g/mol. The molecule has 66 valence electrons. The van der Waals surface area contributed by atoms with Crippen LogP contribution >= 0.6 is 0 Å². The second kappa shape index (κ2) is 2.46. The van der Waals surface area contributed by atoms with E-state index in [4.69, 9.17) is 0 Å². The molecule has 0 aliphatic carbocycles. The van der Waals surface area contributed by atoms with Crippen molar-refractivity contribution in [3.63, 3.8) is 0 Å². The van der Waals surface area contributed by atoms with Gasteiger partial charge in [-0.2, -0.15) is 0 Å². The number of rotatable bonds is 0. The summed E-state index contributed by atoms with van der Waals surface area (Å²) in [5, 5.41) is 3.62. The molecular weight excluding hydrogens is 136 g/mol. The van der Waals surface area contributed by atoms with Gasteiger partial charge >= 0.3 is 0 Å². The van der Waals surface area contributed by atoms with Gasteiger partial charge in [-0.15, -0.1) is 0 Å². The van der Waals surface area contributed by atoms with Gasteiger partial charge in [-0.1, -0.05) is 0 Å². The summed E-state index contributed by atoms with van der Waals surface area (Å²) in [6.07, 6.45) is 0. The van der Waals surface area contributed by atoms with Crippen molar-refractivity contribution >= 4 is 0 Å². The Morgan fingerprint density at radius 3 is 1.64 bits per heavy atom. The first kappa shape index (κ1) is 9.01. The largest absolute Gasteiger partial charge is 0.304 e. The molecule has 0 aromatic heterocycles. The third kappa shape index (κ3) is 2.46. The molecule has 1 heterocycles. The van der Waals surface area contributed by atoms with Crippen molar-refractivity contribution in [1.82, 2.24) is 10.2 Å². The standard InChI is InChI=1S/C9H20N2/c1-8(2)6-11(5)7-9(3,4)10-8/h10H,6-7H2,1-5H3. The lowest BCUT2D eigenvalue weighted by atomic mass is 9.92. The highest BCUT2D eigenvalue weighted by molar-refractivity contribution is 4.96. The molecule has 0 aromatic carbocycles. The van der Waals surface area contributed by atoms with Crippen LogP contribution < -0.4 is 5.32 Å².